The van der Waals surface area contributed by atoms with Gasteiger partial charge in [-0.3, -0.25) is 9.78 Å². The molecule has 23 heavy (non-hydrogen) atoms. The van der Waals surface area contributed by atoms with E-state index in [0.29, 0.717) is 5.56 Å². The molecule has 1 amide bonds. The van der Waals surface area contributed by atoms with E-state index in [-0.39, 0.29) is 11.9 Å². The molecule has 3 nitrogen and oxygen atoms in total. The van der Waals surface area contributed by atoms with Gasteiger partial charge in [0.1, 0.15) is 0 Å². The van der Waals surface area contributed by atoms with E-state index in [1.165, 1.54) is 0 Å². The van der Waals surface area contributed by atoms with Gasteiger partial charge in [-0.2, -0.15) is 0 Å². The molecule has 0 saturated heterocycles. The Morgan fingerprint density at radius 3 is 2.61 bits per heavy atom. The lowest BCUT2D eigenvalue weighted by Crippen LogP contribution is -2.27. The predicted molar refractivity (Wildman–Crippen MR) is 96.5 cm³/mol. The molecule has 0 aliphatic carbocycles. The summed E-state index contributed by atoms with van der Waals surface area (Å²) in [6.07, 6.45) is 0. The fourth-order valence-electron chi connectivity index (χ4n) is 2.62. The normalized spacial score (nSPS) is 12.1. The van der Waals surface area contributed by atoms with Crippen LogP contribution in [-0.4, -0.2) is 10.9 Å². The third-order valence-electron chi connectivity index (χ3n) is 3.79. The molecule has 116 valence electrons. The van der Waals surface area contributed by atoms with Crippen LogP contribution in [0.3, 0.4) is 0 Å². The fraction of sp³-hybridized carbons (Fsp3) is 0.158. The molecule has 1 aromatic heterocycles. The minimum absolute atomic E-state index is 0.0561. The van der Waals surface area contributed by atoms with Gasteiger partial charge < -0.3 is 5.32 Å². The summed E-state index contributed by atoms with van der Waals surface area (Å²) in [6.45, 7) is 3.89. The number of hydrogen-bond acceptors (Lipinski definition) is 2. The van der Waals surface area contributed by atoms with Gasteiger partial charge in [0, 0.05) is 15.6 Å². The van der Waals surface area contributed by atoms with Crippen molar-refractivity contribution in [2.45, 2.75) is 19.9 Å². The second kappa shape index (κ2) is 6.50. The number of carbonyl (C=O) groups excluding carboxylic acids is 1. The smallest absolute Gasteiger partial charge is 0.252 e. The van der Waals surface area contributed by atoms with Gasteiger partial charge in [0.05, 0.1) is 17.1 Å². The zero-order valence-electron chi connectivity index (χ0n) is 13.0. The number of rotatable bonds is 3. The minimum Gasteiger partial charge on any atom is -0.345 e. The molecule has 3 rings (SSSR count). The number of fused-ring (bicyclic) bond motifs is 1. The number of hydrogen-bond donors (Lipinski definition) is 1. The number of benzene rings is 2. The highest BCUT2D eigenvalue weighted by atomic mass is 79.9. The van der Waals surface area contributed by atoms with Crippen molar-refractivity contribution >= 4 is 32.7 Å². The molecule has 0 fully saturated rings. The number of carbonyl (C=O) groups is 1. The third-order valence-corrected chi connectivity index (χ3v) is 4.28. The van der Waals surface area contributed by atoms with Crippen LogP contribution in [0.4, 0.5) is 0 Å². The average Bonchev–Trinajstić information content (AvgIpc) is 2.55. The second-order valence-corrected chi connectivity index (χ2v) is 6.49. The molecule has 2 aromatic carbocycles. The van der Waals surface area contributed by atoms with E-state index in [4.69, 9.17) is 0 Å². The Balaban J connectivity index is 1.96. The summed E-state index contributed by atoms with van der Waals surface area (Å²) in [7, 11) is 0. The summed E-state index contributed by atoms with van der Waals surface area (Å²) in [5.41, 5.74) is 3.39. The van der Waals surface area contributed by atoms with E-state index in [1.54, 1.807) is 0 Å². The molecule has 0 unspecified atom stereocenters. The summed E-state index contributed by atoms with van der Waals surface area (Å²) in [5, 5.41) is 3.92. The van der Waals surface area contributed by atoms with Gasteiger partial charge in [0.15, 0.2) is 0 Å². The van der Waals surface area contributed by atoms with Crippen molar-refractivity contribution in [3.63, 3.8) is 0 Å². The molecule has 1 heterocycles. The minimum atomic E-state index is -0.0880. The Labute approximate surface area is 143 Å². The zero-order chi connectivity index (χ0) is 16.4. The van der Waals surface area contributed by atoms with E-state index in [0.717, 1.165) is 26.6 Å². The first-order valence-corrected chi connectivity index (χ1v) is 8.26. The van der Waals surface area contributed by atoms with E-state index in [9.17, 15) is 4.79 Å². The second-order valence-electron chi connectivity index (χ2n) is 5.58. The summed E-state index contributed by atoms with van der Waals surface area (Å²) >= 11 is 3.46. The monoisotopic (exact) mass is 368 g/mol. The van der Waals surface area contributed by atoms with E-state index < -0.39 is 0 Å². The first-order valence-electron chi connectivity index (χ1n) is 7.47. The maximum absolute atomic E-state index is 12.8. The maximum Gasteiger partial charge on any atom is 0.252 e. The largest absolute Gasteiger partial charge is 0.345 e. The van der Waals surface area contributed by atoms with Crippen LogP contribution in [0, 0.1) is 6.92 Å². The van der Waals surface area contributed by atoms with Crippen LogP contribution in [0.1, 0.15) is 34.6 Å². The number of nitrogens with one attached hydrogen (secondary N) is 1. The average molecular weight is 369 g/mol. The van der Waals surface area contributed by atoms with Crippen LogP contribution in [0.5, 0.6) is 0 Å². The summed E-state index contributed by atoms with van der Waals surface area (Å²) in [4.78, 5) is 17.2. The topological polar surface area (TPSA) is 42.0 Å². The van der Waals surface area contributed by atoms with Crippen LogP contribution < -0.4 is 5.32 Å². The van der Waals surface area contributed by atoms with Gasteiger partial charge in [0.2, 0.25) is 0 Å². The SMILES string of the molecule is Cc1cc(C(=O)N[C@@H](C)c2ccccc2)c2cc(Br)ccc2n1. The number of aromatic nitrogens is 1. The molecule has 1 N–H and O–H groups in total. The molecular formula is C19H17BrN2O. The zero-order valence-corrected chi connectivity index (χ0v) is 14.6. The Bertz CT molecular complexity index is 862. The number of amides is 1. The van der Waals surface area contributed by atoms with Crippen molar-refractivity contribution in [2.75, 3.05) is 0 Å². The first-order chi connectivity index (χ1) is 11.0. The standard InChI is InChI=1S/C19H17BrN2O/c1-12-10-17(16-11-15(20)8-9-18(16)21-12)19(23)22-13(2)14-6-4-3-5-7-14/h3-11,13H,1-2H3,(H,22,23)/t13-/m0/s1. The number of halogens is 1. The molecule has 3 aromatic rings. The van der Waals surface area contributed by atoms with Crippen LogP contribution in [0.2, 0.25) is 0 Å². The van der Waals surface area contributed by atoms with E-state index >= 15 is 0 Å². The van der Waals surface area contributed by atoms with Gasteiger partial charge in [-0.05, 0) is 43.7 Å². The van der Waals surface area contributed by atoms with Crippen molar-refractivity contribution in [3.8, 4) is 0 Å². The Morgan fingerprint density at radius 1 is 1.13 bits per heavy atom. The van der Waals surface area contributed by atoms with Crippen LogP contribution in [0.25, 0.3) is 10.9 Å². The Kier molecular flexibility index (Phi) is 4.44. The van der Waals surface area contributed by atoms with Gasteiger partial charge in [-0.15, -0.1) is 0 Å². The Morgan fingerprint density at radius 2 is 1.87 bits per heavy atom. The van der Waals surface area contributed by atoms with Crippen molar-refractivity contribution in [2.24, 2.45) is 0 Å². The number of nitrogens with zero attached hydrogens (tertiary/aromatic N) is 1. The first kappa shape index (κ1) is 15.7. The lowest BCUT2D eigenvalue weighted by molar-refractivity contribution is 0.0941. The molecule has 4 heteroatoms. The van der Waals surface area contributed by atoms with Crippen molar-refractivity contribution < 1.29 is 4.79 Å². The summed E-state index contributed by atoms with van der Waals surface area (Å²) in [5.74, 6) is -0.0880. The van der Waals surface area contributed by atoms with Crippen molar-refractivity contribution in [1.29, 1.82) is 0 Å². The van der Waals surface area contributed by atoms with E-state index in [2.05, 4.69) is 26.2 Å². The molecule has 0 aliphatic heterocycles. The van der Waals surface area contributed by atoms with Crippen LogP contribution in [-0.2, 0) is 0 Å². The fourth-order valence-corrected chi connectivity index (χ4v) is 2.98. The van der Waals surface area contributed by atoms with Gasteiger partial charge in [0.25, 0.3) is 5.91 Å². The third kappa shape index (κ3) is 3.42. The number of aryl methyl sites for hydroxylation is 1. The highest BCUT2D eigenvalue weighted by Crippen LogP contribution is 2.23. The molecular weight excluding hydrogens is 352 g/mol. The van der Waals surface area contributed by atoms with Gasteiger partial charge in [-0.1, -0.05) is 46.3 Å². The molecule has 0 radical (unpaired) electrons. The van der Waals surface area contributed by atoms with Crippen molar-refractivity contribution in [3.05, 3.63) is 75.9 Å². The lowest BCUT2D eigenvalue weighted by atomic mass is 10.0. The summed E-state index contributed by atoms with van der Waals surface area (Å²) in [6, 6.07) is 17.5. The van der Waals surface area contributed by atoms with Gasteiger partial charge in [-0.25, -0.2) is 0 Å². The maximum atomic E-state index is 12.8. The van der Waals surface area contributed by atoms with Crippen LogP contribution >= 0.6 is 15.9 Å². The van der Waals surface area contributed by atoms with Crippen molar-refractivity contribution in [1.82, 2.24) is 10.3 Å². The highest BCUT2D eigenvalue weighted by molar-refractivity contribution is 9.10. The highest BCUT2D eigenvalue weighted by Gasteiger charge is 2.15. The lowest BCUT2D eigenvalue weighted by Gasteiger charge is -2.15. The summed E-state index contributed by atoms with van der Waals surface area (Å²) < 4.78 is 0.931. The molecule has 0 saturated carbocycles. The Hall–Kier alpha value is -2.20. The van der Waals surface area contributed by atoms with E-state index in [1.807, 2.05) is 68.4 Å². The molecule has 0 aliphatic rings. The van der Waals surface area contributed by atoms with Crippen LogP contribution in [0.15, 0.2) is 59.1 Å². The molecule has 1 atom stereocenters. The quantitative estimate of drug-likeness (QED) is 0.721. The predicted octanol–water partition coefficient (Wildman–Crippen LogP) is 4.80. The van der Waals surface area contributed by atoms with Gasteiger partial charge >= 0.3 is 0 Å². The molecule has 0 bridgehead atoms. The molecule has 0 spiro atoms. The number of pyridine rings is 1.